The number of hydrogen-bond donors (Lipinski definition) is 5. The Balaban J connectivity index is 0.000000970. The van der Waals surface area contributed by atoms with Crippen molar-refractivity contribution in [2.45, 2.75) is 76.7 Å². The van der Waals surface area contributed by atoms with Crippen LogP contribution >= 0.6 is 20.2 Å². The SMILES string of the molecule is C[C@H]1CNC2CCCCC2NCCN[C@@H](C)CN[C@@H](C)CN1.[Cl][Mn][Cl]. The maximum absolute atomic E-state index is 4.80. The van der Waals surface area contributed by atoms with Gasteiger partial charge in [-0.2, -0.15) is 0 Å². The molecule has 151 valence electrons. The van der Waals surface area contributed by atoms with Crippen LogP contribution in [0.1, 0.15) is 46.5 Å². The normalized spacial score (nSPS) is 36.1. The molecule has 1 saturated heterocycles. The molecule has 1 heterocycles. The molecule has 8 heteroatoms. The minimum absolute atomic E-state index is 0.00694. The van der Waals surface area contributed by atoms with Gasteiger partial charge in [-0.3, -0.25) is 0 Å². The third-order valence-corrected chi connectivity index (χ3v) is 5.02. The molecule has 0 aromatic heterocycles. The third-order valence-electron chi connectivity index (χ3n) is 5.02. The van der Waals surface area contributed by atoms with Crippen LogP contribution in [0.2, 0.25) is 0 Å². The molecule has 1 aliphatic carbocycles. The average molecular weight is 437 g/mol. The Hall–Kier alpha value is 0.899. The van der Waals surface area contributed by atoms with E-state index in [1.165, 1.54) is 25.7 Å². The van der Waals surface area contributed by atoms with E-state index in [0.717, 1.165) is 32.7 Å². The standard InChI is InChI=1S/C17H37N5.2ClH.Mn/c1-13-10-20-14(2)11-21-15(3)12-22-17-7-5-4-6-16(17)19-9-8-18-13;;;/h13-22H,4-12H2,1-3H3;2*1H;/q;;;+2/p-2/t13-,14-,15-,16?,17?;;;/m0.../s1. The zero-order chi connectivity index (χ0) is 18.5. The fraction of sp³-hybridized carbons (Fsp3) is 1.00. The van der Waals surface area contributed by atoms with Crippen molar-refractivity contribution in [2.75, 3.05) is 32.7 Å². The number of halogens is 2. The third kappa shape index (κ3) is 11.4. The van der Waals surface area contributed by atoms with Gasteiger partial charge in [0, 0.05) is 62.9 Å². The topological polar surface area (TPSA) is 60.1 Å². The Kier molecular flexibility index (Phi) is 14.3. The summed E-state index contributed by atoms with van der Waals surface area (Å²) in [6, 6.07) is 2.83. The first-order valence-electron chi connectivity index (χ1n) is 9.60. The molecule has 0 aromatic carbocycles. The number of hydrogen-bond acceptors (Lipinski definition) is 5. The molecular weight excluding hydrogens is 400 g/mol. The summed E-state index contributed by atoms with van der Waals surface area (Å²) in [7, 11) is 9.59. The van der Waals surface area contributed by atoms with Crippen LogP contribution in [0.4, 0.5) is 0 Å². The molecule has 2 fully saturated rings. The van der Waals surface area contributed by atoms with E-state index < -0.39 is 0 Å². The van der Waals surface area contributed by atoms with Crippen LogP contribution in [0.25, 0.3) is 0 Å². The van der Waals surface area contributed by atoms with Crippen molar-refractivity contribution in [1.82, 2.24) is 26.6 Å². The van der Waals surface area contributed by atoms with E-state index in [2.05, 4.69) is 47.4 Å². The molecule has 1 aliphatic heterocycles. The fourth-order valence-electron chi connectivity index (χ4n) is 3.50. The number of rotatable bonds is 0. The zero-order valence-corrected chi connectivity index (χ0v) is 18.6. The second kappa shape index (κ2) is 14.9. The van der Waals surface area contributed by atoms with Crippen molar-refractivity contribution < 1.29 is 13.1 Å². The molecule has 25 heavy (non-hydrogen) atoms. The van der Waals surface area contributed by atoms with Gasteiger partial charge in [0.1, 0.15) is 0 Å². The zero-order valence-electron chi connectivity index (χ0n) is 15.9. The molecule has 0 radical (unpaired) electrons. The van der Waals surface area contributed by atoms with Crippen LogP contribution < -0.4 is 26.6 Å². The van der Waals surface area contributed by atoms with E-state index >= 15 is 0 Å². The number of nitrogens with one attached hydrogen (secondary N) is 5. The second-order valence-electron chi connectivity index (χ2n) is 7.39. The first-order valence-corrected chi connectivity index (χ1v) is 12.9. The van der Waals surface area contributed by atoms with Gasteiger partial charge in [0.15, 0.2) is 0 Å². The van der Waals surface area contributed by atoms with Crippen LogP contribution in [-0.2, 0) is 13.1 Å². The molecule has 0 spiro atoms. The van der Waals surface area contributed by atoms with Crippen molar-refractivity contribution in [3.63, 3.8) is 0 Å². The van der Waals surface area contributed by atoms with E-state index in [1.807, 2.05) is 0 Å². The van der Waals surface area contributed by atoms with Crippen LogP contribution in [0.5, 0.6) is 0 Å². The Morgan fingerprint density at radius 3 is 1.60 bits per heavy atom. The van der Waals surface area contributed by atoms with E-state index in [4.69, 9.17) is 20.2 Å². The summed E-state index contributed by atoms with van der Waals surface area (Å²) in [5, 5.41) is 18.4. The molecule has 5 nitrogen and oxygen atoms in total. The minimum atomic E-state index is 0.00694. The maximum atomic E-state index is 4.80. The summed E-state index contributed by atoms with van der Waals surface area (Å²) in [4.78, 5) is 0. The van der Waals surface area contributed by atoms with Gasteiger partial charge in [-0.25, -0.2) is 0 Å². The van der Waals surface area contributed by atoms with Crippen molar-refractivity contribution >= 4 is 20.2 Å². The van der Waals surface area contributed by atoms with Crippen LogP contribution in [0.15, 0.2) is 0 Å². The Bertz CT molecular complexity index is 327. The van der Waals surface area contributed by atoms with Crippen molar-refractivity contribution in [3.05, 3.63) is 0 Å². The van der Waals surface area contributed by atoms with Gasteiger partial charge in [0.25, 0.3) is 0 Å². The van der Waals surface area contributed by atoms with E-state index in [9.17, 15) is 0 Å². The predicted molar refractivity (Wildman–Crippen MR) is 106 cm³/mol. The fourth-order valence-corrected chi connectivity index (χ4v) is 3.50. The summed E-state index contributed by atoms with van der Waals surface area (Å²) in [6.45, 7) is 12.0. The Morgan fingerprint density at radius 1 is 0.640 bits per heavy atom. The van der Waals surface area contributed by atoms with Crippen molar-refractivity contribution in [3.8, 4) is 0 Å². The van der Waals surface area contributed by atoms with Gasteiger partial charge in [0.2, 0.25) is 0 Å². The molecule has 0 amide bonds. The Labute approximate surface area is 169 Å². The van der Waals surface area contributed by atoms with E-state index in [0.29, 0.717) is 30.2 Å². The molecule has 5 N–H and O–H groups in total. The summed E-state index contributed by atoms with van der Waals surface area (Å²) in [5.74, 6) is 0. The quantitative estimate of drug-likeness (QED) is 0.375. The average Bonchev–Trinajstić information content (AvgIpc) is 2.61. The molecule has 0 aromatic rings. The number of fused-ring (bicyclic) bond motifs is 1. The van der Waals surface area contributed by atoms with Crippen molar-refractivity contribution in [1.29, 1.82) is 0 Å². The molecule has 2 rings (SSSR count). The first-order chi connectivity index (χ1) is 12.1. The summed E-state index contributed by atoms with van der Waals surface area (Å²) < 4.78 is 0. The second-order valence-corrected chi connectivity index (χ2v) is 9.34. The van der Waals surface area contributed by atoms with Gasteiger partial charge >= 0.3 is 33.3 Å². The predicted octanol–water partition coefficient (Wildman–Crippen LogP) is 1.80. The van der Waals surface area contributed by atoms with Gasteiger partial charge < -0.3 is 26.6 Å². The van der Waals surface area contributed by atoms with Crippen LogP contribution in [0, 0.1) is 0 Å². The first kappa shape index (κ1) is 23.9. The van der Waals surface area contributed by atoms with Crippen LogP contribution in [0.3, 0.4) is 0 Å². The molecule has 1 saturated carbocycles. The van der Waals surface area contributed by atoms with Crippen LogP contribution in [-0.4, -0.2) is 62.9 Å². The van der Waals surface area contributed by atoms with Gasteiger partial charge in [-0.15, -0.1) is 0 Å². The van der Waals surface area contributed by atoms with Crippen molar-refractivity contribution in [2.24, 2.45) is 0 Å². The van der Waals surface area contributed by atoms with E-state index in [1.54, 1.807) is 0 Å². The van der Waals surface area contributed by atoms with Gasteiger partial charge in [0.05, 0.1) is 0 Å². The molecule has 0 bridgehead atoms. The van der Waals surface area contributed by atoms with Gasteiger partial charge in [-0.05, 0) is 33.6 Å². The van der Waals surface area contributed by atoms with E-state index in [-0.39, 0.29) is 13.1 Å². The molecule has 2 aliphatic rings. The molecular formula is C17H37Cl2MnN5. The molecule has 5 atom stereocenters. The summed E-state index contributed by atoms with van der Waals surface area (Å²) in [6.07, 6.45) is 5.36. The monoisotopic (exact) mass is 436 g/mol. The summed E-state index contributed by atoms with van der Waals surface area (Å²) >= 11 is 0.00694. The molecule has 2 unspecified atom stereocenters. The summed E-state index contributed by atoms with van der Waals surface area (Å²) in [5.41, 5.74) is 0. The van der Waals surface area contributed by atoms with Gasteiger partial charge in [-0.1, -0.05) is 12.8 Å². The Morgan fingerprint density at radius 2 is 1.04 bits per heavy atom.